The van der Waals surface area contributed by atoms with Crippen molar-refractivity contribution in [3.63, 3.8) is 0 Å². The topological polar surface area (TPSA) is 212 Å². The van der Waals surface area contributed by atoms with Crippen molar-refractivity contribution >= 4 is 45.9 Å². The lowest BCUT2D eigenvalue weighted by Crippen LogP contribution is -2.53. The number of halogens is 1. The fourth-order valence-electron chi connectivity index (χ4n) is 6.57. The van der Waals surface area contributed by atoms with E-state index in [1.807, 2.05) is 22.6 Å². The SMILES string of the molecule is COc1cccc2c1C(=O)c1c(O)c3c(c(O)c1C2=O)C[C@@](O)(C(=O)COC(=O)c1cccc(I)c1)C[C@@H]3O[C@H]1C[C@H](N)[C@H](O)[C@H](C)O1. The van der Waals surface area contributed by atoms with Gasteiger partial charge in [0.15, 0.2) is 18.7 Å². The van der Waals surface area contributed by atoms with E-state index in [-0.39, 0.29) is 40.0 Å². The van der Waals surface area contributed by atoms with Crippen molar-refractivity contribution in [1.29, 1.82) is 0 Å². The number of phenolic OH excluding ortho intramolecular Hbond substituents is 2. The Hall–Kier alpha value is -3.93. The summed E-state index contributed by atoms with van der Waals surface area (Å²) in [6, 6.07) is 10.1. The van der Waals surface area contributed by atoms with E-state index in [9.17, 15) is 39.6 Å². The maximum Gasteiger partial charge on any atom is 0.338 e. The van der Waals surface area contributed by atoms with Crippen molar-refractivity contribution in [3.8, 4) is 17.2 Å². The Morgan fingerprint density at radius 1 is 1.06 bits per heavy atom. The number of fused-ring (bicyclic) bond motifs is 3. The normalized spacial score (nSPS) is 26.2. The highest BCUT2D eigenvalue weighted by Crippen LogP contribution is 2.52. The molecule has 2 aliphatic carbocycles. The number of esters is 1. The van der Waals surface area contributed by atoms with Crippen LogP contribution < -0.4 is 10.5 Å². The van der Waals surface area contributed by atoms with Crippen LogP contribution in [0.5, 0.6) is 17.2 Å². The van der Waals surface area contributed by atoms with Crippen molar-refractivity contribution in [2.24, 2.45) is 5.73 Å². The van der Waals surface area contributed by atoms with E-state index >= 15 is 0 Å². The number of benzene rings is 3. The maximum absolute atomic E-state index is 13.9. The van der Waals surface area contributed by atoms with Gasteiger partial charge in [-0.05, 0) is 53.8 Å². The van der Waals surface area contributed by atoms with Gasteiger partial charge in [0.25, 0.3) is 0 Å². The molecule has 1 aliphatic heterocycles. The van der Waals surface area contributed by atoms with Crippen molar-refractivity contribution in [2.45, 2.75) is 62.4 Å². The summed E-state index contributed by atoms with van der Waals surface area (Å²) in [7, 11) is 1.32. The molecule has 3 aromatic rings. The first-order valence-corrected chi connectivity index (χ1v) is 16.1. The third-order valence-corrected chi connectivity index (χ3v) is 9.73. The van der Waals surface area contributed by atoms with Gasteiger partial charge < -0.3 is 45.1 Å². The second-order valence-corrected chi connectivity index (χ2v) is 13.3. The second kappa shape index (κ2) is 12.8. The summed E-state index contributed by atoms with van der Waals surface area (Å²) in [5.41, 5.74) is 2.40. The second-order valence-electron chi connectivity index (χ2n) is 12.1. The fourth-order valence-corrected chi connectivity index (χ4v) is 7.11. The number of aromatic hydroxyl groups is 2. The van der Waals surface area contributed by atoms with Crippen LogP contribution in [0.2, 0.25) is 0 Å². The number of aliphatic hydroxyl groups excluding tert-OH is 1. The standard InChI is InChI=1S/C34H32INO12/c1-14-28(38)19(36)10-23(47-14)48-21-12-34(44,22(37)13-46-33(43)15-5-3-6-16(35)9-15)11-18-25(21)32(42)27-26(30(18)40)29(39)17-7-4-8-20(45-2)24(17)31(27)41/h3-9,14,19,21,23,28,38,40,42,44H,10-13,36H2,1-2H3/t14-,19-,21-,23-,28+,34-/m0/s1. The van der Waals surface area contributed by atoms with E-state index < -0.39 is 102 Å². The lowest BCUT2D eigenvalue weighted by Gasteiger charge is -2.42. The number of carbonyl (C=O) groups is 4. The third kappa shape index (κ3) is 5.75. The third-order valence-electron chi connectivity index (χ3n) is 9.06. The van der Waals surface area contributed by atoms with Crippen molar-refractivity contribution < 1.29 is 58.6 Å². The molecular formula is C34H32INO12. The minimum atomic E-state index is -2.34. The number of Topliss-reactive ketones (excluding diaryl/α,β-unsaturated/α-hetero) is 1. The lowest BCUT2D eigenvalue weighted by atomic mass is 9.72. The molecule has 13 nitrogen and oxygen atoms in total. The van der Waals surface area contributed by atoms with E-state index in [1.54, 1.807) is 25.1 Å². The summed E-state index contributed by atoms with van der Waals surface area (Å²) in [5.74, 6) is -4.67. The average molecular weight is 774 g/mol. The number of nitrogens with two attached hydrogens (primary N) is 1. The van der Waals surface area contributed by atoms with Crippen LogP contribution >= 0.6 is 22.6 Å². The van der Waals surface area contributed by atoms with Gasteiger partial charge in [-0.3, -0.25) is 14.4 Å². The van der Waals surface area contributed by atoms with Gasteiger partial charge in [0.2, 0.25) is 11.6 Å². The number of aliphatic hydroxyl groups is 2. The summed E-state index contributed by atoms with van der Waals surface area (Å²) >= 11 is 2.02. The van der Waals surface area contributed by atoms with Crippen LogP contribution in [0.1, 0.15) is 79.2 Å². The molecule has 0 amide bonds. The minimum absolute atomic E-state index is 0.0170. The zero-order valence-electron chi connectivity index (χ0n) is 25.8. The first-order valence-electron chi connectivity index (χ1n) is 15.1. The molecule has 0 aromatic heterocycles. The maximum atomic E-state index is 13.9. The predicted octanol–water partition coefficient (Wildman–Crippen LogP) is 2.47. The molecule has 1 heterocycles. The summed E-state index contributed by atoms with van der Waals surface area (Å²) in [5, 5.41) is 45.5. The highest BCUT2D eigenvalue weighted by molar-refractivity contribution is 14.1. The molecule has 6 N–H and O–H groups in total. The smallest absolute Gasteiger partial charge is 0.338 e. The van der Waals surface area contributed by atoms with Gasteiger partial charge in [0.05, 0.1) is 47.7 Å². The first-order chi connectivity index (χ1) is 22.7. The number of rotatable bonds is 7. The fraction of sp³-hybridized carbons (Fsp3) is 0.353. The Morgan fingerprint density at radius 3 is 2.46 bits per heavy atom. The minimum Gasteiger partial charge on any atom is -0.507 e. The molecule has 0 spiro atoms. The van der Waals surface area contributed by atoms with Crippen molar-refractivity contribution in [3.05, 3.63) is 85.0 Å². The Labute approximate surface area is 287 Å². The van der Waals surface area contributed by atoms with E-state index in [4.69, 9.17) is 24.7 Å². The molecule has 48 heavy (non-hydrogen) atoms. The Morgan fingerprint density at radius 2 is 1.77 bits per heavy atom. The first kappa shape index (κ1) is 34.0. The molecule has 3 aliphatic rings. The number of ether oxygens (including phenoxy) is 4. The van der Waals surface area contributed by atoms with E-state index in [2.05, 4.69) is 0 Å². The van der Waals surface area contributed by atoms with Gasteiger partial charge in [-0.2, -0.15) is 0 Å². The van der Waals surface area contributed by atoms with Crippen LogP contribution in [0.15, 0.2) is 42.5 Å². The molecule has 6 atom stereocenters. The molecule has 0 radical (unpaired) electrons. The van der Waals surface area contributed by atoms with Crippen LogP contribution in [0.3, 0.4) is 0 Å². The molecule has 14 heteroatoms. The molecule has 0 bridgehead atoms. The Balaban J connectivity index is 1.41. The van der Waals surface area contributed by atoms with Gasteiger partial charge in [0.1, 0.15) is 22.8 Å². The number of ketones is 3. The molecule has 1 fully saturated rings. The largest absolute Gasteiger partial charge is 0.507 e. The molecule has 3 aromatic carbocycles. The van der Waals surface area contributed by atoms with E-state index in [0.717, 1.165) is 3.57 Å². The molecule has 6 rings (SSSR count). The van der Waals surface area contributed by atoms with Crippen LogP contribution in [0.25, 0.3) is 0 Å². The van der Waals surface area contributed by atoms with Crippen LogP contribution in [-0.4, -0.2) is 87.6 Å². The van der Waals surface area contributed by atoms with E-state index in [0.29, 0.717) is 0 Å². The summed E-state index contributed by atoms with van der Waals surface area (Å²) in [6.45, 7) is 0.727. The van der Waals surface area contributed by atoms with Crippen LogP contribution in [0, 0.1) is 3.57 Å². The zero-order valence-corrected chi connectivity index (χ0v) is 27.9. The van der Waals surface area contributed by atoms with Gasteiger partial charge in [-0.25, -0.2) is 4.79 Å². The zero-order chi connectivity index (χ0) is 34.7. The number of carbonyl (C=O) groups excluding carboxylic acids is 4. The van der Waals surface area contributed by atoms with Gasteiger partial charge >= 0.3 is 5.97 Å². The van der Waals surface area contributed by atoms with Crippen molar-refractivity contribution in [2.75, 3.05) is 13.7 Å². The number of methoxy groups -OCH3 is 1. The number of hydrogen-bond acceptors (Lipinski definition) is 13. The lowest BCUT2D eigenvalue weighted by molar-refractivity contribution is -0.247. The number of hydrogen-bond donors (Lipinski definition) is 5. The highest BCUT2D eigenvalue weighted by atomic mass is 127. The predicted molar refractivity (Wildman–Crippen MR) is 174 cm³/mol. The molecule has 252 valence electrons. The highest BCUT2D eigenvalue weighted by Gasteiger charge is 2.50. The molecular weight excluding hydrogens is 741 g/mol. The summed E-state index contributed by atoms with van der Waals surface area (Å²) < 4.78 is 23.3. The molecule has 0 saturated carbocycles. The Kier molecular flexibility index (Phi) is 9.08. The Bertz CT molecular complexity index is 1850. The summed E-state index contributed by atoms with van der Waals surface area (Å²) in [4.78, 5) is 53.9. The van der Waals surface area contributed by atoms with Crippen LogP contribution in [-0.2, 0) is 25.4 Å². The van der Waals surface area contributed by atoms with Gasteiger partial charge in [-0.15, -0.1) is 0 Å². The van der Waals surface area contributed by atoms with Crippen molar-refractivity contribution in [1.82, 2.24) is 0 Å². The van der Waals surface area contributed by atoms with Gasteiger partial charge in [0, 0.05) is 45.6 Å². The quantitative estimate of drug-likeness (QED) is 0.104. The van der Waals surface area contributed by atoms with E-state index in [1.165, 1.54) is 31.4 Å². The molecule has 1 saturated heterocycles. The summed E-state index contributed by atoms with van der Waals surface area (Å²) in [6.07, 6.45) is -5.46. The average Bonchev–Trinajstić information content (AvgIpc) is 3.05. The van der Waals surface area contributed by atoms with Gasteiger partial charge in [-0.1, -0.05) is 18.2 Å². The monoisotopic (exact) mass is 773 g/mol. The number of phenols is 2. The van der Waals surface area contributed by atoms with Crippen LogP contribution in [0.4, 0.5) is 0 Å². The molecule has 0 unspecified atom stereocenters.